The van der Waals surface area contributed by atoms with Gasteiger partial charge in [-0.1, -0.05) is 6.92 Å². The van der Waals surface area contributed by atoms with Gasteiger partial charge in [-0.2, -0.15) is 0 Å². The van der Waals surface area contributed by atoms with E-state index in [0.29, 0.717) is 12.0 Å². The Labute approximate surface area is 75.3 Å². The highest BCUT2D eigenvalue weighted by Crippen LogP contribution is 2.23. The largest absolute Gasteiger partial charge is 0.314 e. The molecule has 2 unspecified atom stereocenters. The summed E-state index contributed by atoms with van der Waals surface area (Å²) in [6.07, 6.45) is 1.14. The van der Waals surface area contributed by atoms with Gasteiger partial charge in [0.1, 0.15) is 0 Å². The van der Waals surface area contributed by atoms with Crippen LogP contribution in [0.1, 0.15) is 20.3 Å². The SMILES string of the molecule is CNC1(NC)CC(C)NCC1C. The Balaban J connectivity index is 2.68. The van der Waals surface area contributed by atoms with Crippen LogP contribution in [0.15, 0.2) is 0 Å². The topological polar surface area (TPSA) is 36.1 Å². The lowest BCUT2D eigenvalue weighted by Crippen LogP contribution is -2.66. The summed E-state index contributed by atoms with van der Waals surface area (Å²) in [5.41, 5.74) is 0.130. The van der Waals surface area contributed by atoms with Crippen molar-refractivity contribution in [1.82, 2.24) is 16.0 Å². The third-order valence-corrected chi connectivity index (χ3v) is 3.13. The number of hydrogen-bond donors (Lipinski definition) is 3. The minimum atomic E-state index is 0.130. The normalized spacial score (nSPS) is 35.0. The lowest BCUT2D eigenvalue weighted by Gasteiger charge is -2.45. The number of piperidine rings is 1. The van der Waals surface area contributed by atoms with Gasteiger partial charge in [0, 0.05) is 12.6 Å². The molecular formula is C9H21N3. The maximum atomic E-state index is 3.48. The summed E-state index contributed by atoms with van der Waals surface area (Å²) in [5, 5.41) is 10.3. The highest BCUT2D eigenvalue weighted by molar-refractivity contribution is 4.95. The van der Waals surface area contributed by atoms with E-state index in [4.69, 9.17) is 0 Å². The van der Waals surface area contributed by atoms with Crippen LogP contribution in [0.4, 0.5) is 0 Å². The zero-order chi connectivity index (χ0) is 9.19. The van der Waals surface area contributed by atoms with Gasteiger partial charge in [0.05, 0.1) is 5.66 Å². The highest BCUT2D eigenvalue weighted by Gasteiger charge is 2.37. The molecule has 12 heavy (non-hydrogen) atoms. The molecule has 0 aromatic carbocycles. The molecule has 0 radical (unpaired) electrons. The van der Waals surface area contributed by atoms with Crippen molar-refractivity contribution >= 4 is 0 Å². The van der Waals surface area contributed by atoms with Gasteiger partial charge in [-0.25, -0.2) is 0 Å². The predicted molar refractivity (Wildman–Crippen MR) is 52.1 cm³/mol. The average Bonchev–Trinajstić information content (AvgIpc) is 2.09. The van der Waals surface area contributed by atoms with E-state index >= 15 is 0 Å². The summed E-state index contributed by atoms with van der Waals surface area (Å²) < 4.78 is 0. The first-order valence-corrected chi connectivity index (χ1v) is 4.76. The van der Waals surface area contributed by atoms with Crippen molar-refractivity contribution in [2.45, 2.75) is 32.0 Å². The lowest BCUT2D eigenvalue weighted by atomic mass is 9.84. The van der Waals surface area contributed by atoms with E-state index in [9.17, 15) is 0 Å². The first-order valence-electron chi connectivity index (χ1n) is 4.76. The van der Waals surface area contributed by atoms with E-state index in [1.165, 1.54) is 0 Å². The quantitative estimate of drug-likeness (QED) is 0.517. The smallest absolute Gasteiger partial charge is 0.0735 e. The summed E-state index contributed by atoms with van der Waals surface area (Å²) in [6, 6.07) is 0.598. The molecule has 3 N–H and O–H groups in total. The van der Waals surface area contributed by atoms with Crippen molar-refractivity contribution in [3.63, 3.8) is 0 Å². The van der Waals surface area contributed by atoms with Crippen LogP contribution in [-0.4, -0.2) is 32.3 Å². The summed E-state index contributed by atoms with van der Waals surface area (Å²) >= 11 is 0. The van der Waals surface area contributed by atoms with Gasteiger partial charge in [0.25, 0.3) is 0 Å². The minimum Gasteiger partial charge on any atom is -0.314 e. The van der Waals surface area contributed by atoms with Crippen molar-refractivity contribution < 1.29 is 0 Å². The van der Waals surface area contributed by atoms with Crippen LogP contribution in [0, 0.1) is 5.92 Å². The van der Waals surface area contributed by atoms with E-state index in [1.807, 2.05) is 14.1 Å². The molecule has 0 saturated carbocycles. The van der Waals surface area contributed by atoms with Crippen molar-refractivity contribution in [3.05, 3.63) is 0 Å². The Bertz CT molecular complexity index is 143. The van der Waals surface area contributed by atoms with E-state index < -0.39 is 0 Å². The molecule has 72 valence electrons. The second-order valence-corrected chi connectivity index (χ2v) is 3.89. The van der Waals surface area contributed by atoms with E-state index in [1.54, 1.807) is 0 Å². The minimum absolute atomic E-state index is 0.130. The summed E-state index contributed by atoms with van der Waals surface area (Å²) in [5.74, 6) is 0.628. The van der Waals surface area contributed by atoms with Crippen molar-refractivity contribution in [2.75, 3.05) is 20.6 Å². The number of nitrogens with one attached hydrogen (secondary N) is 3. The van der Waals surface area contributed by atoms with E-state index in [0.717, 1.165) is 13.0 Å². The van der Waals surface area contributed by atoms with Gasteiger partial charge in [-0.05, 0) is 33.4 Å². The molecule has 0 aromatic heterocycles. The molecule has 2 atom stereocenters. The van der Waals surface area contributed by atoms with Crippen LogP contribution in [0.3, 0.4) is 0 Å². The summed E-state index contributed by atoms with van der Waals surface area (Å²) in [4.78, 5) is 0. The molecule has 0 bridgehead atoms. The fourth-order valence-corrected chi connectivity index (χ4v) is 2.13. The zero-order valence-corrected chi connectivity index (χ0v) is 8.57. The Morgan fingerprint density at radius 1 is 1.25 bits per heavy atom. The van der Waals surface area contributed by atoms with Gasteiger partial charge in [-0.3, -0.25) is 0 Å². The molecule has 1 rings (SSSR count). The standard InChI is InChI=1S/C9H21N3/c1-7-6-12-8(2)5-9(7,10-3)11-4/h7-8,10-12H,5-6H2,1-4H3. The van der Waals surface area contributed by atoms with Gasteiger partial charge in [-0.15, -0.1) is 0 Å². The molecule has 0 aromatic rings. The Morgan fingerprint density at radius 2 is 1.83 bits per heavy atom. The third-order valence-electron chi connectivity index (χ3n) is 3.13. The van der Waals surface area contributed by atoms with E-state index in [-0.39, 0.29) is 5.66 Å². The predicted octanol–water partition coefficient (Wildman–Crippen LogP) is 0.139. The first-order chi connectivity index (χ1) is 5.64. The molecular weight excluding hydrogens is 150 g/mol. The van der Waals surface area contributed by atoms with Crippen LogP contribution in [0.2, 0.25) is 0 Å². The molecule has 0 aliphatic carbocycles. The fourth-order valence-electron chi connectivity index (χ4n) is 2.13. The van der Waals surface area contributed by atoms with Crippen LogP contribution in [0.5, 0.6) is 0 Å². The summed E-state index contributed by atoms with van der Waals surface area (Å²) in [7, 11) is 4.07. The van der Waals surface area contributed by atoms with Gasteiger partial charge < -0.3 is 16.0 Å². The number of rotatable bonds is 2. The van der Waals surface area contributed by atoms with Crippen molar-refractivity contribution in [2.24, 2.45) is 5.92 Å². The Morgan fingerprint density at radius 3 is 2.25 bits per heavy atom. The number of hydrogen-bond acceptors (Lipinski definition) is 3. The van der Waals surface area contributed by atoms with Crippen LogP contribution >= 0.6 is 0 Å². The van der Waals surface area contributed by atoms with Crippen LogP contribution in [0.25, 0.3) is 0 Å². The van der Waals surface area contributed by atoms with Crippen LogP contribution < -0.4 is 16.0 Å². The molecule has 3 nitrogen and oxygen atoms in total. The monoisotopic (exact) mass is 171 g/mol. The van der Waals surface area contributed by atoms with E-state index in [2.05, 4.69) is 29.8 Å². The van der Waals surface area contributed by atoms with Gasteiger partial charge in [0.2, 0.25) is 0 Å². The third kappa shape index (κ3) is 1.63. The molecule has 1 saturated heterocycles. The van der Waals surface area contributed by atoms with Gasteiger partial charge in [0.15, 0.2) is 0 Å². The molecule has 1 fully saturated rings. The molecule has 0 spiro atoms. The highest BCUT2D eigenvalue weighted by atomic mass is 15.2. The summed E-state index contributed by atoms with van der Waals surface area (Å²) in [6.45, 7) is 5.59. The molecule has 1 heterocycles. The lowest BCUT2D eigenvalue weighted by molar-refractivity contribution is 0.122. The molecule has 3 heteroatoms. The second kappa shape index (κ2) is 3.73. The molecule has 1 aliphatic rings. The van der Waals surface area contributed by atoms with Crippen LogP contribution in [-0.2, 0) is 0 Å². The van der Waals surface area contributed by atoms with Crippen molar-refractivity contribution in [3.8, 4) is 0 Å². The maximum absolute atomic E-state index is 3.48. The average molecular weight is 171 g/mol. The van der Waals surface area contributed by atoms with Gasteiger partial charge >= 0.3 is 0 Å². The Kier molecular flexibility index (Phi) is 3.09. The zero-order valence-electron chi connectivity index (χ0n) is 8.57. The maximum Gasteiger partial charge on any atom is 0.0735 e. The molecule has 0 amide bonds. The second-order valence-electron chi connectivity index (χ2n) is 3.89. The Hall–Kier alpha value is -0.120. The molecule has 1 aliphatic heterocycles. The van der Waals surface area contributed by atoms with Crippen molar-refractivity contribution in [1.29, 1.82) is 0 Å². The first kappa shape index (κ1) is 9.96. The fraction of sp³-hybridized carbons (Fsp3) is 1.00.